The number of carbonyl (C=O) groups excluding carboxylic acids is 1. The largest absolute Gasteiger partial charge is 0.385 e. The van der Waals surface area contributed by atoms with Crippen molar-refractivity contribution in [3.63, 3.8) is 0 Å². The minimum atomic E-state index is 0.198. The Morgan fingerprint density at radius 3 is 2.94 bits per heavy atom. The average molecular weight is 226 g/mol. The Balaban J connectivity index is 1.75. The van der Waals surface area contributed by atoms with Crippen LogP contribution in [0, 0.1) is 5.92 Å². The van der Waals surface area contributed by atoms with Crippen LogP contribution in [0.3, 0.4) is 0 Å². The van der Waals surface area contributed by atoms with E-state index < -0.39 is 0 Å². The van der Waals surface area contributed by atoms with Crippen LogP contribution >= 0.6 is 0 Å². The first kappa shape index (κ1) is 11.9. The van der Waals surface area contributed by atoms with Gasteiger partial charge in [0.15, 0.2) is 0 Å². The molecule has 0 aromatic carbocycles. The van der Waals surface area contributed by atoms with Crippen LogP contribution in [0.15, 0.2) is 0 Å². The number of hydrogen-bond acceptors (Lipinski definition) is 3. The fourth-order valence-electron chi connectivity index (χ4n) is 2.83. The van der Waals surface area contributed by atoms with Crippen LogP contribution in [0.2, 0.25) is 0 Å². The van der Waals surface area contributed by atoms with Gasteiger partial charge >= 0.3 is 0 Å². The van der Waals surface area contributed by atoms with Crippen molar-refractivity contribution in [2.24, 2.45) is 5.92 Å². The lowest BCUT2D eigenvalue weighted by molar-refractivity contribution is -0.126. The van der Waals surface area contributed by atoms with Crippen molar-refractivity contribution in [2.45, 2.75) is 50.7 Å². The highest BCUT2D eigenvalue weighted by atomic mass is 16.5. The molecule has 0 spiro atoms. The molecule has 2 heterocycles. The maximum absolute atomic E-state index is 12.0. The zero-order valence-corrected chi connectivity index (χ0v) is 10.2. The summed E-state index contributed by atoms with van der Waals surface area (Å²) < 4.78 is 5.01. The van der Waals surface area contributed by atoms with Crippen LogP contribution in [-0.4, -0.2) is 37.7 Å². The van der Waals surface area contributed by atoms with Crippen molar-refractivity contribution in [1.82, 2.24) is 10.6 Å². The molecule has 4 unspecified atom stereocenters. The second-order valence-corrected chi connectivity index (χ2v) is 5.08. The van der Waals surface area contributed by atoms with Gasteiger partial charge in [-0.2, -0.15) is 0 Å². The van der Waals surface area contributed by atoms with E-state index in [1.54, 1.807) is 7.11 Å². The molecule has 1 amide bonds. The van der Waals surface area contributed by atoms with Crippen LogP contribution in [0.4, 0.5) is 0 Å². The van der Waals surface area contributed by atoms with Crippen molar-refractivity contribution < 1.29 is 9.53 Å². The molecule has 2 rings (SSSR count). The third kappa shape index (κ3) is 2.55. The molecule has 2 saturated heterocycles. The zero-order valence-electron chi connectivity index (χ0n) is 10.2. The molecular weight excluding hydrogens is 204 g/mol. The number of fused-ring (bicyclic) bond motifs is 2. The fraction of sp³-hybridized carbons (Fsp3) is 0.917. The number of nitrogens with one attached hydrogen (secondary N) is 2. The molecular formula is C12H22N2O2. The van der Waals surface area contributed by atoms with Crippen LogP contribution < -0.4 is 10.6 Å². The highest BCUT2D eigenvalue weighted by Crippen LogP contribution is 2.33. The van der Waals surface area contributed by atoms with Gasteiger partial charge in [0, 0.05) is 31.8 Å². The fourth-order valence-corrected chi connectivity index (χ4v) is 2.83. The summed E-state index contributed by atoms with van der Waals surface area (Å²) in [6.07, 6.45) is 4.31. The van der Waals surface area contributed by atoms with E-state index in [1.807, 2.05) is 6.92 Å². The lowest BCUT2D eigenvalue weighted by Gasteiger charge is -2.22. The maximum atomic E-state index is 12.0. The van der Waals surface area contributed by atoms with Gasteiger partial charge in [-0.05, 0) is 32.6 Å². The Bertz CT molecular complexity index is 257. The Morgan fingerprint density at radius 2 is 2.38 bits per heavy atom. The van der Waals surface area contributed by atoms with Gasteiger partial charge in [0.05, 0.1) is 5.92 Å². The molecule has 2 aliphatic heterocycles. The topological polar surface area (TPSA) is 50.4 Å². The minimum Gasteiger partial charge on any atom is -0.385 e. The molecule has 0 aromatic heterocycles. The molecule has 2 aliphatic rings. The van der Waals surface area contributed by atoms with E-state index in [1.165, 1.54) is 6.42 Å². The van der Waals surface area contributed by atoms with Crippen LogP contribution in [0.1, 0.15) is 32.6 Å². The molecule has 4 atom stereocenters. The predicted molar refractivity (Wildman–Crippen MR) is 62.2 cm³/mol. The quantitative estimate of drug-likeness (QED) is 0.724. The molecule has 2 fully saturated rings. The molecule has 0 aliphatic carbocycles. The standard InChI is InChI=1S/C12H22N2O2/c1-8(5-6-16-2)13-12(15)10-7-9-3-4-11(10)14-9/h8-11,14H,3-7H2,1-2H3,(H,13,15). The number of rotatable bonds is 5. The first-order chi connectivity index (χ1) is 7.70. The van der Waals surface area contributed by atoms with E-state index in [0.29, 0.717) is 18.7 Å². The van der Waals surface area contributed by atoms with E-state index in [-0.39, 0.29) is 17.9 Å². The molecule has 16 heavy (non-hydrogen) atoms. The molecule has 92 valence electrons. The Kier molecular flexibility index (Phi) is 3.82. The average Bonchev–Trinajstić information content (AvgIpc) is 2.87. The van der Waals surface area contributed by atoms with Gasteiger partial charge in [-0.3, -0.25) is 4.79 Å². The van der Waals surface area contributed by atoms with E-state index >= 15 is 0 Å². The summed E-state index contributed by atoms with van der Waals surface area (Å²) in [5.41, 5.74) is 0. The molecule has 2 N–H and O–H groups in total. The van der Waals surface area contributed by atoms with Crippen molar-refractivity contribution >= 4 is 5.91 Å². The van der Waals surface area contributed by atoms with E-state index in [4.69, 9.17) is 4.74 Å². The Hall–Kier alpha value is -0.610. The third-order valence-corrected chi connectivity index (χ3v) is 3.78. The highest BCUT2D eigenvalue weighted by molar-refractivity contribution is 5.80. The SMILES string of the molecule is COCCC(C)NC(=O)C1CC2CCC1N2. The predicted octanol–water partition coefficient (Wildman–Crippen LogP) is 0.668. The molecule has 0 saturated carbocycles. The summed E-state index contributed by atoms with van der Waals surface area (Å²) in [5, 5.41) is 6.57. The summed E-state index contributed by atoms with van der Waals surface area (Å²) in [6, 6.07) is 1.24. The van der Waals surface area contributed by atoms with Gasteiger partial charge in [0.25, 0.3) is 0 Å². The summed E-state index contributed by atoms with van der Waals surface area (Å²) in [6.45, 7) is 2.74. The number of hydrogen-bond donors (Lipinski definition) is 2. The number of amides is 1. The number of carbonyl (C=O) groups is 1. The number of ether oxygens (including phenoxy) is 1. The summed E-state index contributed by atoms with van der Waals surface area (Å²) in [5.74, 6) is 0.423. The normalized spacial score (nSPS) is 34.0. The lowest BCUT2D eigenvalue weighted by Crippen LogP contribution is -2.42. The van der Waals surface area contributed by atoms with Crippen molar-refractivity contribution in [2.75, 3.05) is 13.7 Å². The molecule has 0 aromatic rings. The molecule has 4 nitrogen and oxygen atoms in total. The minimum absolute atomic E-state index is 0.198. The summed E-state index contributed by atoms with van der Waals surface area (Å²) in [4.78, 5) is 12.0. The van der Waals surface area contributed by atoms with E-state index in [0.717, 1.165) is 19.3 Å². The second kappa shape index (κ2) is 5.15. The Morgan fingerprint density at radius 1 is 1.56 bits per heavy atom. The maximum Gasteiger partial charge on any atom is 0.224 e. The second-order valence-electron chi connectivity index (χ2n) is 5.08. The number of methoxy groups -OCH3 is 1. The Labute approximate surface area is 97.1 Å². The van der Waals surface area contributed by atoms with Crippen molar-refractivity contribution in [3.8, 4) is 0 Å². The molecule has 2 bridgehead atoms. The van der Waals surface area contributed by atoms with Gasteiger partial charge in [-0.25, -0.2) is 0 Å². The monoisotopic (exact) mass is 226 g/mol. The lowest BCUT2D eigenvalue weighted by atomic mass is 9.88. The summed E-state index contributed by atoms with van der Waals surface area (Å²) >= 11 is 0. The van der Waals surface area contributed by atoms with Crippen LogP contribution in [-0.2, 0) is 9.53 Å². The van der Waals surface area contributed by atoms with Gasteiger partial charge < -0.3 is 15.4 Å². The van der Waals surface area contributed by atoms with Crippen molar-refractivity contribution in [1.29, 1.82) is 0 Å². The highest BCUT2D eigenvalue weighted by Gasteiger charge is 2.42. The van der Waals surface area contributed by atoms with Crippen LogP contribution in [0.25, 0.3) is 0 Å². The smallest absolute Gasteiger partial charge is 0.224 e. The molecule has 0 radical (unpaired) electrons. The van der Waals surface area contributed by atoms with Gasteiger partial charge in [0.2, 0.25) is 5.91 Å². The van der Waals surface area contributed by atoms with Gasteiger partial charge in [-0.1, -0.05) is 0 Å². The third-order valence-electron chi connectivity index (χ3n) is 3.78. The van der Waals surface area contributed by atoms with E-state index in [9.17, 15) is 4.79 Å². The summed E-state index contributed by atoms with van der Waals surface area (Å²) in [7, 11) is 1.69. The van der Waals surface area contributed by atoms with E-state index in [2.05, 4.69) is 10.6 Å². The molecule has 4 heteroatoms. The van der Waals surface area contributed by atoms with Crippen LogP contribution in [0.5, 0.6) is 0 Å². The zero-order chi connectivity index (χ0) is 11.5. The van der Waals surface area contributed by atoms with Crippen molar-refractivity contribution in [3.05, 3.63) is 0 Å². The first-order valence-corrected chi connectivity index (χ1v) is 6.26. The first-order valence-electron chi connectivity index (χ1n) is 6.26. The van der Waals surface area contributed by atoms with Gasteiger partial charge in [-0.15, -0.1) is 0 Å². The van der Waals surface area contributed by atoms with Gasteiger partial charge in [0.1, 0.15) is 0 Å².